The molecule has 0 radical (unpaired) electrons. The lowest BCUT2D eigenvalue weighted by Crippen LogP contribution is -2.24. The zero-order chi connectivity index (χ0) is 21.2. The standard InChI is InChI=1S/C23H21FN2O4/c1-28-21-7-4-5-17(13-21)15-30-22-8-3-2-6-18(22)14-25-26-23(27)16-29-20-11-9-19(24)10-12-20/h2-14H,15-16H2,1H3,(H,26,27)/b25-14+. The highest BCUT2D eigenvalue weighted by atomic mass is 19.1. The normalized spacial score (nSPS) is 10.6. The second-order valence-electron chi connectivity index (χ2n) is 6.21. The Hall–Kier alpha value is -3.87. The van der Waals surface area contributed by atoms with Gasteiger partial charge in [0.25, 0.3) is 5.91 Å². The van der Waals surface area contributed by atoms with Crippen LogP contribution in [0.1, 0.15) is 11.1 Å². The smallest absolute Gasteiger partial charge is 0.277 e. The summed E-state index contributed by atoms with van der Waals surface area (Å²) in [7, 11) is 1.62. The Bertz CT molecular complexity index is 1010. The summed E-state index contributed by atoms with van der Waals surface area (Å²) in [6.07, 6.45) is 1.50. The van der Waals surface area contributed by atoms with Gasteiger partial charge in [0, 0.05) is 5.56 Å². The minimum absolute atomic E-state index is 0.239. The lowest BCUT2D eigenvalue weighted by molar-refractivity contribution is -0.123. The van der Waals surface area contributed by atoms with Gasteiger partial charge in [0.2, 0.25) is 0 Å². The Morgan fingerprint density at radius 1 is 1.00 bits per heavy atom. The summed E-state index contributed by atoms with van der Waals surface area (Å²) >= 11 is 0. The molecule has 6 nitrogen and oxygen atoms in total. The number of benzene rings is 3. The predicted molar refractivity (Wildman–Crippen MR) is 111 cm³/mol. The lowest BCUT2D eigenvalue weighted by Gasteiger charge is -2.10. The molecule has 3 rings (SSSR count). The van der Waals surface area contributed by atoms with Crippen molar-refractivity contribution >= 4 is 12.1 Å². The fraction of sp³-hybridized carbons (Fsp3) is 0.130. The Labute approximate surface area is 173 Å². The van der Waals surface area contributed by atoms with Gasteiger partial charge in [0.05, 0.1) is 13.3 Å². The van der Waals surface area contributed by atoms with Crippen LogP contribution >= 0.6 is 0 Å². The number of para-hydroxylation sites is 1. The van der Waals surface area contributed by atoms with Gasteiger partial charge in [-0.05, 0) is 54.1 Å². The molecule has 3 aromatic carbocycles. The molecule has 30 heavy (non-hydrogen) atoms. The summed E-state index contributed by atoms with van der Waals surface area (Å²) in [4.78, 5) is 11.9. The summed E-state index contributed by atoms with van der Waals surface area (Å²) in [5.41, 5.74) is 4.06. The maximum atomic E-state index is 12.9. The van der Waals surface area contributed by atoms with Gasteiger partial charge in [-0.1, -0.05) is 24.3 Å². The number of carbonyl (C=O) groups is 1. The SMILES string of the molecule is COc1cccc(COc2ccccc2/C=N/NC(=O)COc2ccc(F)cc2)c1. The molecule has 0 fully saturated rings. The van der Waals surface area contributed by atoms with Crippen LogP contribution in [-0.4, -0.2) is 25.8 Å². The predicted octanol–water partition coefficient (Wildman–Crippen LogP) is 3.94. The Morgan fingerprint density at radius 2 is 1.80 bits per heavy atom. The Balaban J connectivity index is 1.52. The highest BCUT2D eigenvalue weighted by molar-refractivity contribution is 5.85. The zero-order valence-corrected chi connectivity index (χ0v) is 16.4. The number of nitrogens with one attached hydrogen (secondary N) is 1. The average molecular weight is 408 g/mol. The topological polar surface area (TPSA) is 69.2 Å². The quantitative estimate of drug-likeness (QED) is 0.430. The molecular weight excluding hydrogens is 387 g/mol. The minimum Gasteiger partial charge on any atom is -0.497 e. The van der Waals surface area contributed by atoms with Gasteiger partial charge in [0.1, 0.15) is 29.7 Å². The van der Waals surface area contributed by atoms with Crippen LogP contribution in [0.3, 0.4) is 0 Å². The maximum Gasteiger partial charge on any atom is 0.277 e. The molecule has 1 amide bonds. The van der Waals surface area contributed by atoms with Gasteiger partial charge in [-0.2, -0.15) is 5.10 Å². The van der Waals surface area contributed by atoms with Crippen molar-refractivity contribution in [3.05, 3.63) is 89.7 Å². The van der Waals surface area contributed by atoms with Crippen LogP contribution in [0.25, 0.3) is 0 Å². The summed E-state index contributed by atoms with van der Waals surface area (Å²) < 4.78 is 29.2. The number of nitrogens with zero attached hydrogens (tertiary/aromatic N) is 1. The third-order valence-electron chi connectivity index (χ3n) is 4.02. The van der Waals surface area contributed by atoms with E-state index in [-0.39, 0.29) is 12.4 Å². The number of amides is 1. The van der Waals surface area contributed by atoms with Crippen LogP contribution in [0.15, 0.2) is 77.9 Å². The van der Waals surface area contributed by atoms with Crippen LogP contribution < -0.4 is 19.6 Å². The largest absolute Gasteiger partial charge is 0.497 e. The molecule has 0 spiro atoms. The monoisotopic (exact) mass is 408 g/mol. The molecular formula is C23H21FN2O4. The van der Waals surface area contributed by atoms with Crippen LogP contribution in [0.2, 0.25) is 0 Å². The first-order chi connectivity index (χ1) is 14.6. The number of hydrogen-bond acceptors (Lipinski definition) is 5. The molecule has 0 unspecified atom stereocenters. The third kappa shape index (κ3) is 6.34. The summed E-state index contributed by atoms with van der Waals surface area (Å²) in [6.45, 7) is 0.122. The third-order valence-corrected chi connectivity index (χ3v) is 4.02. The van der Waals surface area contributed by atoms with E-state index in [4.69, 9.17) is 14.2 Å². The van der Waals surface area contributed by atoms with Gasteiger partial charge in [0.15, 0.2) is 6.61 Å². The number of ether oxygens (including phenoxy) is 3. The van der Waals surface area contributed by atoms with Crippen molar-refractivity contribution in [1.82, 2.24) is 5.43 Å². The van der Waals surface area contributed by atoms with E-state index in [1.807, 2.05) is 48.5 Å². The van der Waals surface area contributed by atoms with E-state index in [0.717, 1.165) is 11.3 Å². The minimum atomic E-state index is -0.439. The molecule has 0 aliphatic heterocycles. The van der Waals surface area contributed by atoms with E-state index in [2.05, 4.69) is 10.5 Å². The molecule has 0 saturated heterocycles. The molecule has 0 heterocycles. The number of methoxy groups -OCH3 is 1. The Kier molecular flexibility index (Phi) is 7.38. The molecule has 154 valence electrons. The average Bonchev–Trinajstić information content (AvgIpc) is 2.78. The molecule has 7 heteroatoms. The van der Waals surface area contributed by atoms with E-state index in [9.17, 15) is 9.18 Å². The van der Waals surface area contributed by atoms with Crippen molar-refractivity contribution in [2.24, 2.45) is 5.10 Å². The molecule has 0 atom stereocenters. The lowest BCUT2D eigenvalue weighted by atomic mass is 10.2. The molecule has 0 saturated carbocycles. The van der Waals surface area contributed by atoms with Gasteiger partial charge >= 0.3 is 0 Å². The molecule has 0 bridgehead atoms. The van der Waals surface area contributed by atoms with E-state index >= 15 is 0 Å². The van der Waals surface area contributed by atoms with Gasteiger partial charge in [-0.3, -0.25) is 4.79 Å². The van der Waals surface area contributed by atoms with Crippen LogP contribution in [-0.2, 0) is 11.4 Å². The number of hydrazone groups is 1. The second-order valence-corrected chi connectivity index (χ2v) is 6.21. The highest BCUT2D eigenvalue weighted by Crippen LogP contribution is 2.19. The number of hydrogen-bond donors (Lipinski definition) is 1. The van der Waals surface area contributed by atoms with Crippen molar-refractivity contribution in [1.29, 1.82) is 0 Å². The molecule has 0 aliphatic carbocycles. The second kappa shape index (κ2) is 10.6. The number of carbonyl (C=O) groups excluding carboxylic acids is 1. The first-order valence-corrected chi connectivity index (χ1v) is 9.19. The maximum absolute atomic E-state index is 12.9. The summed E-state index contributed by atoms with van der Waals surface area (Å²) in [5, 5.41) is 3.95. The first kappa shape index (κ1) is 20.9. The van der Waals surface area contributed by atoms with Crippen molar-refractivity contribution in [2.75, 3.05) is 13.7 Å². The number of halogens is 1. The Morgan fingerprint density at radius 3 is 2.60 bits per heavy atom. The van der Waals surface area contributed by atoms with Gasteiger partial charge in [-0.15, -0.1) is 0 Å². The molecule has 1 N–H and O–H groups in total. The van der Waals surface area contributed by atoms with E-state index in [1.54, 1.807) is 7.11 Å². The van der Waals surface area contributed by atoms with Crippen molar-refractivity contribution < 1.29 is 23.4 Å². The van der Waals surface area contributed by atoms with E-state index in [0.29, 0.717) is 23.7 Å². The molecule has 0 aliphatic rings. The zero-order valence-electron chi connectivity index (χ0n) is 16.4. The van der Waals surface area contributed by atoms with Crippen LogP contribution in [0.4, 0.5) is 4.39 Å². The van der Waals surface area contributed by atoms with Crippen LogP contribution in [0.5, 0.6) is 17.2 Å². The van der Waals surface area contributed by atoms with Gasteiger partial charge < -0.3 is 14.2 Å². The van der Waals surface area contributed by atoms with Crippen molar-refractivity contribution in [3.63, 3.8) is 0 Å². The fourth-order valence-corrected chi connectivity index (χ4v) is 2.53. The van der Waals surface area contributed by atoms with Crippen molar-refractivity contribution in [2.45, 2.75) is 6.61 Å². The van der Waals surface area contributed by atoms with E-state index < -0.39 is 5.91 Å². The van der Waals surface area contributed by atoms with Crippen molar-refractivity contribution in [3.8, 4) is 17.2 Å². The summed E-state index contributed by atoms with van der Waals surface area (Å²) in [5.74, 6) is 0.971. The fourth-order valence-electron chi connectivity index (χ4n) is 2.53. The highest BCUT2D eigenvalue weighted by Gasteiger charge is 2.04. The number of rotatable bonds is 9. The molecule has 0 aromatic heterocycles. The first-order valence-electron chi connectivity index (χ1n) is 9.19. The summed E-state index contributed by atoms with van der Waals surface area (Å²) in [6, 6.07) is 20.4. The van der Waals surface area contributed by atoms with E-state index in [1.165, 1.54) is 30.5 Å². The van der Waals surface area contributed by atoms with Gasteiger partial charge in [-0.25, -0.2) is 9.82 Å². The molecule has 3 aromatic rings. The van der Waals surface area contributed by atoms with Crippen LogP contribution in [0, 0.1) is 5.82 Å².